The highest BCUT2D eigenvalue weighted by molar-refractivity contribution is 5.91. The number of ether oxygens (including phenoxy) is 2. The lowest BCUT2D eigenvalue weighted by atomic mass is 10.0. The van der Waals surface area contributed by atoms with Crippen molar-refractivity contribution in [3.8, 4) is 17.6 Å². The first-order valence-corrected chi connectivity index (χ1v) is 9.25. The molecule has 0 saturated carbocycles. The average molecular weight is 461 g/mol. The van der Waals surface area contributed by atoms with E-state index < -0.39 is 39.7 Å². The van der Waals surface area contributed by atoms with Gasteiger partial charge < -0.3 is 9.47 Å². The normalized spacial score (nSPS) is 13.5. The van der Waals surface area contributed by atoms with Crippen LogP contribution in [0.2, 0.25) is 0 Å². The van der Waals surface area contributed by atoms with Gasteiger partial charge in [-0.05, 0) is 36.4 Å². The maximum atomic E-state index is 13.2. The van der Waals surface area contributed by atoms with E-state index in [4.69, 9.17) is 4.74 Å². The Labute approximate surface area is 184 Å². The molecule has 0 aromatic heterocycles. The number of rotatable bonds is 6. The molecule has 1 heterocycles. The van der Waals surface area contributed by atoms with E-state index in [9.17, 15) is 32.9 Å². The number of methoxy groups -OCH3 is 1. The average Bonchev–Trinajstić information content (AvgIpc) is 3.59. The molecule has 9 nitrogen and oxygen atoms in total. The fraction of sp³-hybridized carbons (Fsp3) is 0.238. The molecule has 12 heteroatoms. The lowest BCUT2D eigenvalue weighted by Gasteiger charge is -2.15. The third-order valence-electron chi connectivity index (χ3n) is 4.49. The molecule has 1 aliphatic heterocycles. The Kier molecular flexibility index (Phi) is 6.43. The van der Waals surface area contributed by atoms with Crippen LogP contribution in [0.3, 0.4) is 0 Å². The number of nitro groups is 1. The molecule has 2 aromatic rings. The first-order valence-electron chi connectivity index (χ1n) is 9.25. The second-order valence-electron chi connectivity index (χ2n) is 6.65. The van der Waals surface area contributed by atoms with Gasteiger partial charge in [0.2, 0.25) is 5.75 Å². The topological polar surface area (TPSA) is 120 Å². The maximum Gasteiger partial charge on any atom is 0.442 e. The second-order valence-corrected chi connectivity index (χ2v) is 6.65. The predicted octanol–water partition coefficient (Wildman–Crippen LogP) is 4.30. The number of carbonyl (C=O) groups is 2. The van der Waals surface area contributed by atoms with E-state index in [0.717, 1.165) is 12.1 Å². The van der Waals surface area contributed by atoms with Crippen molar-refractivity contribution in [2.45, 2.75) is 24.7 Å². The molecule has 170 valence electrons. The molecule has 0 N–H and O–H groups in total. The zero-order chi connectivity index (χ0) is 24.2. The molecule has 0 radical (unpaired) electrons. The standard InChI is InChI=1S/C21H14F3N3O6/c1-32-18(28)5-3-2-4-13-6-8-14(9-7-13)19(29)33-17-11-10-15(12-16(17)27(30)31)20(25-26-20)21(22,23)24/h6-12H,3,5H2,1H3. The van der Waals surface area contributed by atoms with Gasteiger partial charge in [-0.3, -0.25) is 14.9 Å². The number of alkyl halides is 3. The lowest BCUT2D eigenvalue weighted by molar-refractivity contribution is -0.385. The van der Waals surface area contributed by atoms with Crippen LogP contribution in [0.25, 0.3) is 0 Å². The van der Waals surface area contributed by atoms with Gasteiger partial charge in [-0.2, -0.15) is 13.2 Å². The number of hydrogen-bond donors (Lipinski definition) is 0. The van der Waals surface area contributed by atoms with Crippen LogP contribution in [-0.4, -0.2) is 30.1 Å². The maximum absolute atomic E-state index is 13.2. The van der Waals surface area contributed by atoms with E-state index in [-0.39, 0.29) is 24.4 Å². The number of hydrogen-bond acceptors (Lipinski definition) is 8. The first kappa shape index (κ1) is 23.4. The Balaban J connectivity index is 1.73. The molecule has 0 fully saturated rings. The van der Waals surface area contributed by atoms with E-state index in [1.165, 1.54) is 31.4 Å². The van der Waals surface area contributed by atoms with Gasteiger partial charge >= 0.3 is 29.5 Å². The summed E-state index contributed by atoms with van der Waals surface area (Å²) in [5.41, 5.74) is -3.66. The number of nitrogens with zero attached hydrogens (tertiary/aromatic N) is 3. The molecule has 0 bridgehead atoms. The van der Waals surface area contributed by atoms with Gasteiger partial charge in [0.05, 0.1) is 24.0 Å². The summed E-state index contributed by atoms with van der Waals surface area (Å²) in [6, 6.07) is 8.17. The molecular weight excluding hydrogens is 447 g/mol. The largest absolute Gasteiger partial charge is 0.469 e. The molecule has 33 heavy (non-hydrogen) atoms. The van der Waals surface area contributed by atoms with Crippen LogP contribution in [-0.2, 0) is 15.2 Å². The molecule has 0 spiro atoms. The Bertz CT molecular complexity index is 1190. The van der Waals surface area contributed by atoms with Crippen molar-refractivity contribution in [3.63, 3.8) is 0 Å². The van der Waals surface area contributed by atoms with Crippen molar-refractivity contribution < 1.29 is 37.2 Å². The van der Waals surface area contributed by atoms with Crippen molar-refractivity contribution in [1.82, 2.24) is 0 Å². The number of nitro benzene ring substituents is 1. The summed E-state index contributed by atoms with van der Waals surface area (Å²) in [7, 11) is 1.27. The molecule has 2 aromatic carbocycles. The minimum atomic E-state index is -4.86. The monoisotopic (exact) mass is 461 g/mol. The highest BCUT2D eigenvalue weighted by Gasteiger charge is 2.65. The molecule has 1 aliphatic rings. The molecule has 3 rings (SSSR count). The van der Waals surface area contributed by atoms with Gasteiger partial charge in [-0.15, -0.1) is 10.2 Å². The minimum absolute atomic E-state index is 0.0347. The van der Waals surface area contributed by atoms with Crippen LogP contribution in [0, 0.1) is 22.0 Å². The summed E-state index contributed by atoms with van der Waals surface area (Å²) in [5.74, 6) is 3.69. The number of halogens is 3. The smallest absolute Gasteiger partial charge is 0.442 e. The Hall–Kier alpha value is -4.27. The van der Waals surface area contributed by atoms with Crippen LogP contribution in [0.1, 0.15) is 34.3 Å². The van der Waals surface area contributed by atoms with Crippen LogP contribution in [0.15, 0.2) is 52.7 Å². The zero-order valence-electron chi connectivity index (χ0n) is 16.9. The van der Waals surface area contributed by atoms with Gasteiger partial charge in [0.15, 0.2) is 0 Å². The number of carbonyl (C=O) groups excluding carboxylic acids is 2. The predicted molar refractivity (Wildman–Crippen MR) is 105 cm³/mol. The van der Waals surface area contributed by atoms with E-state index >= 15 is 0 Å². The van der Waals surface area contributed by atoms with E-state index in [0.29, 0.717) is 11.6 Å². The van der Waals surface area contributed by atoms with Crippen LogP contribution >= 0.6 is 0 Å². The number of benzene rings is 2. The first-order chi connectivity index (χ1) is 15.6. The van der Waals surface area contributed by atoms with Gasteiger partial charge in [0.25, 0.3) is 0 Å². The summed E-state index contributed by atoms with van der Waals surface area (Å²) in [6.07, 6.45) is -4.44. The Morgan fingerprint density at radius 1 is 1.15 bits per heavy atom. The van der Waals surface area contributed by atoms with Crippen molar-refractivity contribution >= 4 is 17.6 Å². The van der Waals surface area contributed by atoms with Crippen molar-refractivity contribution in [2.75, 3.05) is 7.11 Å². The molecule has 0 saturated heterocycles. The summed E-state index contributed by atoms with van der Waals surface area (Å²) in [5, 5.41) is 17.3. The summed E-state index contributed by atoms with van der Waals surface area (Å²) in [4.78, 5) is 33.8. The molecular formula is C21H14F3N3O6. The third-order valence-corrected chi connectivity index (χ3v) is 4.49. The van der Waals surface area contributed by atoms with E-state index in [1.54, 1.807) is 0 Å². The van der Waals surface area contributed by atoms with Crippen molar-refractivity contribution in [1.29, 1.82) is 0 Å². The fourth-order valence-corrected chi connectivity index (χ4v) is 2.69. The quantitative estimate of drug-likeness (QED) is 0.208. The summed E-state index contributed by atoms with van der Waals surface area (Å²) >= 11 is 0. The van der Waals surface area contributed by atoms with Crippen molar-refractivity contribution in [3.05, 3.63) is 69.3 Å². The van der Waals surface area contributed by atoms with Crippen LogP contribution in [0.4, 0.5) is 18.9 Å². The SMILES string of the molecule is COC(=O)CCC#Cc1ccc(C(=O)Oc2ccc(C3(C(F)(F)F)N=N3)cc2[N+](=O)[O-])cc1. The summed E-state index contributed by atoms with van der Waals surface area (Å²) < 4.78 is 49.0. The number of esters is 2. The van der Waals surface area contributed by atoms with E-state index in [2.05, 4.69) is 26.8 Å². The van der Waals surface area contributed by atoms with Crippen molar-refractivity contribution in [2.24, 2.45) is 10.2 Å². The van der Waals surface area contributed by atoms with Gasteiger partial charge in [0.1, 0.15) is 0 Å². The van der Waals surface area contributed by atoms with Gasteiger partial charge in [-0.25, -0.2) is 4.79 Å². The van der Waals surface area contributed by atoms with Gasteiger partial charge in [0, 0.05) is 23.6 Å². The van der Waals surface area contributed by atoms with Crippen LogP contribution in [0.5, 0.6) is 5.75 Å². The molecule has 0 amide bonds. The second kappa shape index (κ2) is 9.07. The fourth-order valence-electron chi connectivity index (χ4n) is 2.69. The molecule has 0 unspecified atom stereocenters. The van der Waals surface area contributed by atoms with Gasteiger partial charge in [-0.1, -0.05) is 11.8 Å². The third kappa shape index (κ3) is 5.15. The lowest BCUT2D eigenvalue weighted by Crippen LogP contribution is -2.30. The van der Waals surface area contributed by atoms with Crippen LogP contribution < -0.4 is 4.74 Å². The Morgan fingerprint density at radius 3 is 2.36 bits per heavy atom. The molecule has 0 aliphatic carbocycles. The zero-order valence-corrected chi connectivity index (χ0v) is 16.9. The summed E-state index contributed by atoms with van der Waals surface area (Å²) in [6.45, 7) is 0. The highest BCUT2D eigenvalue weighted by Crippen LogP contribution is 2.53. The highest BCUT2D eigenvalue weighted by atomic mass is 19.4. The minimum Gasteiger partial charge on any atom is -0.469 e. The molecule has 0 atom stereocenters. The Morgan fingerprint density at radius 2 is 1.82 bits per heavy atom. The van der Waals surface area contributed by atoms with E-state index in [1.807, 2.05) is 0 Å².